The number of nitrogens with one attached hydrogen (secondary N) is 1. The minimum atomic E-state index is -0.443. The molecule has 0 fully saturated rings. The van der Waals surface area contributed by atoms with Crippen molar-refractivity contribution < 1.29 is 9.59 Å². The Bertz CT molecular complexity index is 709. The van der Waals surface area contributed by atoms with Crippen LogP contribution in [0, 0.1) is 13.8 Å². The van der Waals surface area contributed by atoms with Crippen LogP contribution >= 0.6 is 11.3 Å². The molecule has 0 bridgehead atoms. The molecular weight excluding hydrogens is 298 g/mol. The van der Waals surface area contributed by atoms with Crippen molar-refractivity contribution in [3.05, 3.63) is 40.4 Å². The lowest BCUT2D eigenvalue weighted by Crippen LogP contribution is -2.35. The highest BCUT2D eigenvalue weighted by atomic mass is 32.1. The normalized spacial score (nSPS) is 12.0. The highest BCUT2D eigenvalue weighted by molar-refractivity contribution is 7.13. The number of nitrogens with zero attached hydrogens (tertiary/aromatic N) is 1. The molecule has 0 saturated heterocycles. The zero-order valence-electron chi connectivity index (χ0n) is 12.8. The van der Waals surface area contributed by atoms with E-state index in [9.17, 15) is 9.59 Å². The van der Waals surface area contributed by atoms with Gasteiger partial charge in [0.1, 0.15) is 10.7 Å². The van der Waals surface area contributed by atoms with Gasteiger partial charge in [0.2, 0.25) is 5.91 Å². The van der Waals surface area contributed by atoms with E-state index in [2.05, 4.69) is 16.4 Å². The molecule has 0 aliphatic heterocycles. The van der Waals surface area contributed by atoms with E-state index < -0.39 is 5.91 Å². The fourth-order valence-electron chi connectivity index (χ4n) is 2.21. The fraction of sp³-hybridized carbons (Fsp3) is 0.312. The number of hydrogen-bond acceptors (Lipinski definition) is 4. The molecule has 0 aliphatic carbocycles. The molecular formula is C16H19N3O2S. The number of nitrogens with two attached hydrogens (primary N) is 1. The quantitative estimate of drug-likeness (QED) is 0.888. The number of hydrogen-bond donors (Lipinski definition) is 2. The smallest absolute Gasteiger partial charge is 0.270 e. The van der Waals surface area contributed by atoms with Crippen molar-refractivity contribution in [3.63, 3.8) is 0 Å². The molecule has 0 saturated carbocycles. The first-order valence-electron chi connectivity index (χ1n) is 6.99. The van der Waals surface area contributed by atoms with Crippen molar-refractivity contribution in [2.45, 2.75) is 33.2 Å². The second-order valence-corrected chi connectivity index (χ2v) is 6.26. The molecule has 1 aromatic carbocycles. The molecule has 22 heavy (non-hydrogen) atoms. The Balaban J connectivity index is 2.14. The van der Waals surface area contributed by atoms with Crippen LogP contribution in [0.25, 0.3) is 10.6 Å². The molecule has 0 spiro atoms. The predicted octanol–water partition coefficient (Wildman–Crippen LogP) is 2.42. The van der Waals surface area contributed by atoms with Gasteiger partial charge in [0.15, 0.2) is 0 Å². The minimum absolute atomic E-state index is 0.111. The summed E-state index contributed by atoms with van der Waals surface area (Å²) in [6.07, 6.45) is 0.111. The molecule has 0 unspecified atom stereocenters. The Morgan fingerprint density at radius 1 is 1.36 bits per heavy atom. The molecule has 1 heterocycles. The summed E-state index contributed by atoms with van der Waals surface area (Å²) in [5, 5.41) is 5.25. The van der Waals surface area contributed by atoms with Gasteiger partial charge in [-0.25, -0.2) is 4.98 Å². The molecule has 1 atom stereocenters. The average Bonchev–Trinajstić information content (AvgIpc) is 2.86. The van der Waals surface area contributed by atoms with Crippen LogP contribution in [0.3, 0.4) is 0 Å². The molecule has 0 radical (unpaired) electrons. The third kappa shape index (κ3) is 3.92. The van der Waals surface area contributed by atoms with Crippen LogP contribution < -0.4 is 11.1 Å². The van der Waals surface area contributed by atoms with Crippen molar-refractivity contribution in [2.75, 3.05) is 0 Å². The van der Waals surface area contributed by atoms with Crippen LogP contribution in [-0.2, 0) is 4.79 Å². The number of primary amides is 1. The molecule has 2 aromatic rings. The zero-order valence-corrected chi connectivity index (χ0v) is 13.7. The van der Waals surface area contributed by atoms with E-state index in [0.717, 1.165) is 16.1 Å². The first-order chi connectivity index (χ1) is 10.4. The fourth-order valence-corrected chi connectivity index (χ4v) is 3.10. The zero-order chi connectivity index (χ0) is 16.3. The van der Waals surface area contributed by atoms with Crippen molar-refractivity contribution in [1.82, 2.24) is 10.3 Å². The highest BCUT2D eigenvalue weighted by Crippen LogP contribution is 2.27. The van der Waals surface area contributed by atoms with Gasteiger partial charge in [-0.15, -0.1) is 11.3 Å². The van der Waals surface area contributed by atoms with Crippen LogP contribution in [-0.4, -0.2) is 22.8 Å². The lowest BCUT2D eigenvalue weighted by atomic mass is 10.1. The van der Waals surface area contributed by atoms with Gasteiger partial charge >= 0.3 is 0 Å². The second kappa shape index (κ2) is 6.70. The second-order valence-electron chi connectivity index (χ2n) is 5.40. The predicted molar refractivity (Wildman–Crippen MR) is 87.8 cm³/mol. The summed E-state index contributed by atoms with van der Waals surface area (Å²) in [6, 6.07) is 5.82. The van der Waals surface area contributed by atoms with Crippen LogP contribution in [0.1, 0.15) is 35.0 Å². The Hall–Kier alpha value is -2.21. The summed E-state index contributed by atoms with van der Waals surface area (Å²) in [5.74, 6) is -0.733. The number of thiazole rings is 1. The molecule has 2 amide bonds. The van der Waals surface area contributed by atoms with E-state index in [1.54, 1.807) is 12.3 Å². The van der Waals surface area contributed by atoms with Gasteiger partial charge in [-0.3, -0.25) is 9.59 Å². The van der Waals surface area contributed by atoms with Crippen LogP contribution in [0.15, 0.2) is 23.6 Å². The summed E-state index contributed by atoms with van der Waals surface area (Å²) >= 11 is 1.43. The summed E-state index contributed by atoms with van der Waals surface area (Å²) in [7, 11) is 0. The molecule has 116 valence electrons. The molecule has 3 N–H and O–H groups in total. The van der Waals surface area contributed by atoms with E-state index in [-0.39, 0.29) is 18.4 Å². The summed E-state index contributed by atoms with van der Waals surface area (Å²) < 4.78 is 0. The van der Waals surface area contributed by atoms with Gasteiger partial charge in [-0.2, -0.15) is 0 Å². The van der Waals surface area contributed by atoms with Crippen LogP contribution in [0.5, 0.6) is 0 Å². The molecule has 5 nitrogen and oxygen atoms in total. The number of rotatable bonds is 5. The number of carbonyl (C=O) groups is 2. The molecule has 1 aromatic heterocycles. The number of benzene rings is 1. The topological polar surface area (TPSA) is 85.1 Å². The minimum Gasteiger partial charge on any atom is -0.370 e. The number of amides is 2. The first-order valence-corrected chi connectivity index (χ1v) is 7.87. The van der Waals surface area contributed by atoms with E-state index >= 15 is 0 Å². The van der Waals surface area contributed by atoms with Gasteiger partial charge in [0.25, 0.3) is 5.91 Å². The van der Waals surface area contributed by atoms with E-state index in [1.807, 2.05) is 26.0 Å². The van der Waals surface area contributed by atoms with Crippen molar-refractivity contribution >= 4 is 23.2 Å². The maximum absolute atomic E-state index is 12.1. The van der Waals surface area contributed by atoms with Gasteiger partial charge in [-0.05, 0) is 26.3 Å². The van der Waals surface area contributed by atoms with Gasteiger partial charge in [0.05, 0.1) is 0 Å². The van der Waals surface area contributed by atoms with E-state index in [1.165, 1.54) is 16.9 Å². The van der Waals surface area contributed by atoms with Gasteiger partial charge < -0.3 is 11.1 Å². The van der Waals surface area contributed by atoms with Gasteiger partial charge in [-0.1, -0.05) is 23.8 Å². The molecule has 2 rings (SSSR count). The van der Waals surface area contributed by atoms with Gasteiger partial charge in [0, 0.05) is 23.4 Å². The standard InChI is InChI=1S/C16H19N3O2S/c1-9-4-5-12(10(2)6-9)16-19-13(8-22-16)15(21)18-11(3)7-14(17)20/h4-6,8,11H,7H2,1-3H3,(H2,17,20)(H,18,21)/t11-/m1/s1. The first kappa shape index (κ1) is 16.2. The monoisotopic (exact) mass is 317 g/mol. The Labute approximate surface area is 133 Å². The van der Waals surface area contributed by atoms with Crippen molar-refractivity contribution in [3.8, 4) is 10.6 Å². The van der Waals surface area contributed by atoms with E-state index in [0.29, 0.717) is 5.69 Å². The average molecular weight is 317 g/mol. The number of aryl methyl sites for hydroxylation is 2. The van der Waals surface area contributed by atoms with Crippen LogP contribution in [0.4, 0.5) is 0 Å². The number of carbonyl (C=O) groups excluding carboxylic acids is 2. The maximum atomic E-state index is 12.1. The van der Waals surface area contributed by atoms with Crippen molar-refractivity contribution in [1.29, 1.82) is 0 Å². The van der Waals surface area contributed by atoms with E-state index in [4.69, 9.17) is 5.73 Å². The highest BCUT2D eigenvalue weighted by Gasteiger charge is 2.16. The largest absolute Gasteiger partial charge is 0.370 e. The maximum Gasteiger partial charge on any atom is 0.270 e. The van der Waals surface area contributed by atoms with Crippen LogP contribution in [0.2, 0.25) is 0 Å². The Morgan fingerprint density at radius 2 is 2.09 bits per heavy atom. The van der Waals surface area contributed by atoms with Crippen molar-refractivity contribution in [2.24, 2.45) is 5.73 Å². The molecule has 6 heteroatoms. The lowest BCUT2D eigenvalue weighted by Gasteiger charge is -2.10. The number of aromatic nitrogens is 1. The SMILES string of the molecule is Cc1ccc(-c2nc(C(=O)N[C@H](C)CC(N)=O)cs2)c(C)c1. The summed E-state index contributed by atoms with van der Waals surface area (Å²) in [6.45, 7) is 5.80. The Morgan fingerprint density at radius 3 is 2.73 bits per heavy atom. The summed E-state index contributed by atoms with van der Waals surface area (Å²) in [4.78, 5) is 27.3. The molecule has 0 aliphatic rings. The third-order valence-corrected chi connectivity index (χ3v) is 4.11. The Kier molecular flexibility index (Phi) is 4.92. The third-order valence-electron chi connectivity index (χ3n) is 3.23. The summed E-state index contributed by atoms with van der Waals surface area (Å²) in [5.41, 5.74) is 8.82. The lowest BCUT2D eigenvalue weighted by molar-refractivity contribution is -0.118.